The lowest BCUT2D eigenvalue weighted by Gasteiger charge is -2.36. The Kier molecular flexibility index (Phi) is 4.88. The molecular weight excluding hydrogens is 264 g/mol. The first-order valence-electron chi connectivity index (χ1n) is 7.57. The molecule has 1 amide bonds. The van der Waals surface area contributed by atoms with E-state index in [1.807, 2.05) is 13.1 Å². The number of hydrogen-bond donors (Lipinski definition) is 1. The predicted molar refractivity (Wildman–Crippen MR) is 85.3 cm³/mol. The third kappa shape index (κ3) is 4.74. The maximum absolute atomic E-state index is 11.3. The lowest BCUT2D eigenvalue weighted by molar-refractivity contribution is -0.128. The largest absolute Gasteiger partial charge is 0.382 e. The second-order valence-corrected chi connectivity index (χ2v) is 6.52. The van der Waals surface area contributed by atoms with Crippen molar-refractivity contribution in [2.45, 2.75) is 51.8 Å². The summed E-state index contributed by atoms with van der Waals surface area (Å²) in [6.45, 7) is 7.31. The van der Waals surface area contributed by atoms with Gasteiger partial charge in [0.05, 0.1) is 5.60 Å². The van der Waals surface area contributed by atoms with E-state index < -0.39 is 0 Å². The smallest absolute Gasteiger partial charge is 0.219 e. The average molecular weight is 290 g/mol. The standard InChI is InChI=1S/C17H26N2O2/c1-13(20)19(4)12-14-6-5-7-15(10-14)18-16-8-9-21-17(2,3)11-16/h5-7,10,16,18H,8-9,11-12H2,1-4H3. The number of rotatable bonds is 4. The molecule has 0 aliphatic carbocycles. The van der Waals surface area contributed by atoms with Crippen molar-refractivity contribution in [1.82, 2.24) is 4.90 Å². The normalized spacial score (nSPS) is 20.9. The van der Waals surface area contributed by atoms with Crippen molar-refractivity contribution in [3.8, 4) is 0 Å². The molecule has 0 spiro atoms. The SMILES string of the molecule is CC(=O)N(C)Cc1cccc(NC2CCOC(C)(C)C2)c1. The number of benzene rings is 1. The number of amides is 1. The van der Waals surface area contributed by atoms with E-state index in [0.29, 0.717) is 12.6 Å². The van der Waals surface area contributed by atoms with Crippen LogP contribution in [0, 0.1) is 0 Å². The Balaban J connectivity index is 1.99. The molecule has 0 aromatic heterocycles. The van der Waals surface area contributed by atoms with Crippen LogP contribution in [0.1, 0.15) is 39.2 Å². The Morgan fingerprint density at radius 1 is 1.48 bits per heavy atom. The molecule has 1 aliphatic heterocycles. The van der Waals surface area contributed by atoms with Gasteiger partial charge in [0.2, 0.25) is 5.91 Å². The fourth-order valence-electron chi connectivity index (χ4n) is 2.74. The predicted octanol–water partition coefficient (Wildman–Crippen LogP) is 3.03. The monoisotopic (exact) mass is 290 g/mol. The maximum atomic E-state index is 11.3. The van der Waals surface area contributed by atoms with Gasteiger partial charge in [-0.25, -0.2) is 0 Å². The van der Waals surface area contributed by atoms with Crippen molar-refractivity contribution in [1.29, 1.82) is 0 Å². The molecule has 4 nitrogen and oxygen atoms in total. The zero-order chi connectivity index (χ0) is 15.5. The molecular formula is C17H26N2O2. The molecule has 1 saturated heterocycles. The van der Waals surface area contributed by atoms with Crippen molar-refractivity contribution in [2.75, 3.05) is 19.0 Å². The average Bonchev–Trinajstić information content (AvgIpc) is 2.37. The minimum Gasteiger partial charge on any atom is -0.382 e. The third-order valence-corrected chi connectivity index (χ3v) is 3.95. The van der Waals surface area contributed by atoms with E-state index in [-0.39, 0.29) is 11.5 Å². The molecule has 116 valence electrons. The summed E-state index contributed by atoms with van der Waals surface area (Å²) in [5.41, 5.74) is 2.21. The molecule has 1 aromatic rings. The second-order valence-electron chi connectivity index (χ2n) is 6.52. The van der Waals surface area contributed by atoms with Gasteiger partial charge in [0, 0.05) is 38.9 Å². The highest BCUT2D eigenvalue weighted by molar-refractivity contribution is 5.72. The Bertz CT molecular complexity index is 499. The van der Waals surface area contributed by atoms with E-state index in [1.165, 1.54) is 0 Å². The van der Waals surface area contributed by atoms with Gasteiger partial charge < -0.3 is 15.0 Å². The second kappa shape index (κ2) is 6.48. The number of anilines is 1. The summed E-state index contributed by atoms with van der Waals surface area (Å²) in [4.78, 5) is 13.0. The highest BCUT2D eigenvalue weighted by Crippen LogP contribution is 2.26. The Morgan fingerprint density at radius 2 is 2.24 bits per heavy atom. The van der Waals surface area contributed by atoms with Crippen LogP contribution in [0.2, 0.25) is 0 Å². The van der Waals surface area contributed by atoms with Gasteiger partial charge in [-0.15, -0.1) is 0 Å². The number of nitrogens with zero attached hydrogens (tertiary/aromatic N) is 1. The van der Waals surface area contributed by atoms with Gasteiger partial charge >= 0.3 is 0 Å². The molecule has 1 unspecified atom stereocenters. The molecule has 1 heterocycles. The molecule has 1 aliphatic rings. The van der Waals surface area contributed by atoms with Crippen LogP contribution < -0.4 is 5.32 Å². The van der Waals surface area contributed by atoms with Crippen molar-refractivity contribution >= 4 is 11.6 Å². The highest BCUT2D eigenvalue weighted by Gasteiger charge is 2.28. The topological polar surface area (TPSA) is 41.6 Å². The summed E-state index contributed by atoms with van der Waals surface area (Å²) in [5, 5.41) is 3.60. The first-order valence-corrected chi connectivity index (χ1v) is 7.57. The minimum absolute atomic E-state index is 0.0532. The van der Waals surface area contributed by atoms with Crippen LogP contribution in [-0.2, 0) is 16.1 Å². The van der Waals surface area contributed by atoms with Crippen molar-refractivity contribution in [3.05, 3.63) is 29.8 Å². The van der Waals surface area contributed by atoms with Gasteiger partial charge in [0.25, 0.3) is 0 Å². The number of ether oxygens (including phenoxy) is 1. The van der Waals surface area contributed by atoms with Gasteiger partial charge in [0.1, 0.15) is 0 Å². The zero-order valence-corrected chi connectivity index (χ0v) is 13.5. The van der Waals surface area contributed by atoms with Crippen molar-refractivity contribution in [3.63, 3.8) is 0 Å². The number of carbonyl (C=O) groups excluding carboxylic acids is 1. The summed E-state index contributed by atoms with van der Waals surface area (Å²) in [6.07, 6.45) is 2.03. The third-order valence-electron chi connectivity index (χ3n) is 3.95. The molecule has 2 rings (SSSR count). The molecule has 21 heavy (non-hydrogen) atoms. The molecule has 0 radical (unpaired) electrons. The van der Waals surface area contributed by atoms with E-state index >= 15 is 0 Å². The molecule has 1 atom stereocenters. The molecule has 0 bridgehead atoms. The van der Waals surface area contributed by atoms with Crippen molar-refractivity contribution < 1.29 is 9.53 Å². The summed E-state index contributed by atoms with van der Waals surface area (Å²) in [6, 6.07) is 8.74. The Morgan fingerprint density at radius 3 is 2.90 bits per heavy atom. The maximum Gasteiger partial charge on any atom is 0.219 e. The minimum atomic E-state index is -0.0532. The quantitative estimate of drug-likeness (QED) is 0.926. The molecule has 1 N–H and O–H groups in total. The van der Waals surface area contributed by atoms with Gasteiger partial charge in [-0.1, -0.05) is 12.1 Å². The van der Waals surface area contributed by atoms with E-state index in [9.17, 15) is 4.79 Å². The van der Waals surface area contributed by atoms with Crippen LogP contribution in [0.3, 0.4) is 0 Å². The van der Waals surface area contributed by atoms with Crippen LogP contribution in [0.4, 0.5) is 5.69 Å². The van der Waals surface area contributed by atoms with Crippen LogP contribution >= 0.6 is 0 Å². The lowest BCUT2D eigenvalue weighted by atomic mass is 9.94. The summed E-state index contributed by atoms with van der Waals surface area (Å²) >= 11 is 0. The molecule has 1 fully saturated rings. The van der Waals surface area contributed by atoms with E-state index in [4.69, 9.17) is 4.74 Å². The molecule has 0 saturated carbocycles. The highest BCUT2D eigenvalue weighted by atomic mass is 16.5. The van der Waals surface area contributed by atoms with Gasteiger partial charge in [0.15, 0.2) is 0 Å². The molecule has 1 aromatic carbocycles. The zero-order valence-electron chi connectivity index (χ0n) is 13.5. The summed E-state index contributed by atoms with van der Waals surface area (Å²) < 4.78 is 5.75. The first kappa shape index (κ1) is 15.8. The Labute approximate surface area is 127 Å². The van der Waals surface area contributed by atoms with E-state index in [0.717, 1.165) is 30.7 Å². The van der Waals surface area contributed by atoms with Crippen LogP contribution in [0.25, 0.3) is 0 Å². The van der Waals surface area contributed by atoms with Crippen LogP contribution in [-0.4, -0.2) is 36.1 Å². The summed E-state index contributed by atoms with van der Waals surface area (Å²) in [7, 11) is 1.82. The molecule has 4 heteroatoms. The Hall–Kier alpha value is -1.55. The summed E-state index contributed by atoms with van der Waals surface area (Å²) in [5.74, 6) is 0.0829. The number of carbonyl (C=O) groups is 1. The fraction of sp³-hybridized carbons (Fsp3) is 0.588. The fourth-order valence-corrected chi connectivity index (χ4v) is 2.74. The van der Waals surface area contributed by atoms with Gasteiger partial charge in [-0.3, -0.25) is 4.79 Å². The number of nitrogens with one attached hydrogen (secondary N) is 1. The number of hydrogen-bond acceptors (Lipinski definition) is 3. The van der Waals surface area contributed by atoms with Gasteiger partial charge in [-0.2, -0.15) is 0 Å². The van der Waals surface area contributed by atoms with Crippen LogP contribution in [0.5, 0.6) is 0 Å². The lowest BCUT2D eigenvalue weighted by Crippen LogP contribution is -2.40. The van der Waals surface area contributed by atoms with Gasteiger partial charge in [-0.05, 0) is 44.4 Å². The first-order chi connectivity index (χ1) is 9.85. The van der Waals surface area contributed by atoms with E-state index in [1.54, 1.807) is 11.8 Å². The van der Waals surface area contributed by atoms with Crippen molar-refractivity contribution in [2.24, 2.45) is 0 Å². The van der Waals surface area contributed by atoms with Crippen LogP contribution in [0.15, 0.2) is 24.3 Å². The van der Waals surface area contributed by atoms with E-state index in [2.05, 4.69) is 37.4 Å².